The summed E-state index contributed by atoms with van der Waals surface area (Å²) in [5, 5.41) is 0.139. The van der Waals surface area contributed by atoms with Crippen molar-refractivity contribution in [2.24, 2.45) is 0 Å². The zero-order chi connectivity index (χ0) is 14.0. The number of rotatable bonds is 3. The highest BCUT2D eigenvalue weighted by atomic mass is 35.5. The lowest BCUT2D eigenvalue weighted by Gasteiger charge is -2.07. The lowest BCUT2D eigenvalue weighted by molar-refractivity contribution is 0.595. The highest BCUT2D eigenvalue weighted by Crippen LogP contribution is 2.26. The van der Waals surface area contributed by atoms with E-state index in [4.69, 9.17) is 17.3 Å². The Kier molecular flexibility index (Phi) is 3.78. The minimum absolute atomic E-state index is 0.0878. The molecule has 0 radical (unpaired) electrons. The summed E-state index contributed by atoms with van der Waals surface area (Å²) in [4.78, 5) is 4.07. The molecule has 1 aromatic heterocycles. The Bertz CT molecular complexity index is 714. The van der Waals surface area contributed by atoms with Crippen LogP contribution in [-0.4, -0.2) is 13.4 Å². The van der Waals surface area contributed by atoms with Crippen LogP contribution in [0.4, 0.5) is 5.69 Å². The summed E-state index contributed by atoms with van der Waals surface area (Å²) in [7, 11) is -3.51. The van der Waals surface area contributed by atoms with E-state index < -0.39 is 9.84 Å². The molecular formula is C13H13ClN2O2S. The number of aromatic nitrogens is 1. The molecule has 100 valence electrons. The summed E-state index contributed by atoms with van der Waals surface area (Å²) < 4.78 is 24.6. The fraction of sp³-hybridized carbons (Fsp3) is 0.154. The summed E-state index contributed by atoms with van der Waals surface area (Å²) in [6, 6.07) is 6.17. The molecule has 2 rings (SSSR count). The SMILES string of the molecule is Cc1cncc(CS(=O)(=O)c2ccc(N)cc2Cl)c1. The number of aryl methyl sites for hydroxylation is 1. The normalized spacial score (nSPS) is 11.5. The predicted octanol–water partition coefficient (Wildman–Crippen LogP) is 2.60. The summed E-state index contributed by atoms with van der Waals surface area (Å²) in [6.07, 6.45) is 3.21. The maximum Gasteiger partial charge on any atom is 0.184 e. The van der Waals surface area contributed by atoms with Gasteiger partial charge in [0.1, 0.15) is 0 Å². The van der Waals surface area contributed by atoms with E-state index in [9.17, 15) is 8.42 Å². The van der Waals surface area contributed by atoms with E-state index in [1.165, 1.54) is 24.4 Å². The molecule has 1 heterocycles. The quantitative estimate of drug-likeness (QED) is 0.884. The molecule has 0 unspecified atom stereocenters. The van der Waals surface area contributed by atoms with Crippen LogP contribution in [0.5, 0.6) is 0 Å². The van der Waals surface area contributed by atoms with Crippen molar-refractivity contribution in [3.8, 4) is 0 Å². The topological polar surface area (TPSA) is 73.0 Å². The third-order valence-corrected chi connectivity index (χ3v) is 4.74. The molecule has 2 N–H and O–H groups in total. The minimum Gasteiger partial charge on any atom is -0.399 e. The van der Waals surface area contributed by atoms with Gasteiger partial charge in [0.05, 0.1) is 15.7 Å². The standard InChI is InChI=1S/C13H13ClN2O2S/c1-9-4-10(7-16-6-9)8-19(17,18)13-3-2-11(15)5-12(13)14/h2-7H,8,15H2,1H3. The average molecular weight is 297 g/mol. The molecule has 0 aliphatic carbocycles. The highest BCUT2D eigenvalue weighted by molar-refractivity contribution is 7.90. The van der Waals surface area contributed by atoms with E-state index in [-0.39, 0.29) is 15.7 Å². The van der Waals surface area contributed by atoms with Crippen molar-refractivity contribution in [3.63, 3.8) is 0 Å². The zero-order valence-electron chi connectivity index (χ0n) is 10.3. The largest absolute Gasteiger partial charge is 0.399 e. The molecule has 2 aromatic rings. The molecule has 0 saturated heterocycles. The van der Waals surface area contributed by atoms with E-state index in [0.29, 0.717) is 11.3 Å². The number of halogens is 1. The Morgan fingerprint density at radius 2 is 2.00 bits per heavy atom. The van der Waals surface area contributed by atoms with Crippen molar-refractivity contribution >= 4 is 27.1 Å². The fourth-order valence-electron chi connectivity index (χ4n) is 1.76. The van der Waals surface area contributed by atoms with E-state index >= 15 is 0 Å². The fourth-order valence-corrected chi connectivity index (χ4v) is 3.69. The Morgan fingerprint density at radius 1 is 1.26 bits per heavy atom. The number of pyridine rings is 1. The number of benzene rings is 1. The molecule has 0 atom stereocenters. The minimum atomic E-state index is -3.51. The van der Waals surface area contributed by atoms with Crippen LogP contribution in [0.1, 0.15) is 11.1 Å². The average Bonchev–Trinajstić information content (AvgIpc) is 2.27. The van der Waals surface area contributed by atoms with E-state index in [1.807, 2.05) is 6.92 Å². The number of anilines is 1. The third kappa shape index (κ3) is 3.24. The molecule has 0 aliphatic heterocycles. The van der Waals surface area contributed by atoms with Crippen molar-refractivity contribution in [2.45, 2.75) is 17.6 Å². The van der Waals surface area contributed by atoms with Gasteiger partial charge in [-0.25, -0.2) is 8.42 Å². The molecule has 4 nitrogen and oxygen atoms in total. The van der Waals surface area contributed by atoms with Gasteiger partial charge in [-0.2, -0.15) is 0 Å². The molecule has 1 aromatic carbocycles. The van der Waals surface area contributed by atoms with Crippen molar-refractivity contribution in [2.75, 3.05) is 5.73 Å². The van der Waals surface area contributed by atoms with Gasteiger partial charge in [-0.05, 0) is 36.2 Å². The van der Waals surface area contributed by atoms with Gasteiger partial charge in [0.15, 0.2) is 9.84 Å². The van der Waals surface area contributed by atoms with Gasteiger partial charge in [0, 0.05) is 18.1 Å². The number of sulfone groups is 1. The lowest BCUT2D eigenvalue weighted by atomic mass is 10.2. The molecule has 0 spiro atoms. The van der Waals surface area contributed by atoms with Gasteiger partial charge in [-0.15, -0.1) is 0 Å². The van der Waals surface area contributed by atoms with Crippen LogP contribution in [0.2, 0.25) is 5.02 Å². The van der Waals surface area contributed by atoms with Crippen molar-refractivity contribution in [1.29, 1.82) is 0 Å². The first-order valence-corrected chi connectivity index (χ1v) is 7.60. The van der Waals surface area contributed by atoms with E-state index in [2.05, 4.69) is 4.98 Å². The van der Waals surface area contributed by atoms with E-state index in [1.54, 1.807) is 12.3 Å². The van der Waals surface area contributed by atoms with Crippen LogP contribution in [0.3, 0.4) is 0 Å². The second-order valence-corrected chi connectivity index (χ2v) is 6.68. The van der Waals surface area contributed by atoms with Gasteiger partial charge in [0.25, 0.3) is 0 Å². The summed E-state index contributed by atoms with van der Waals surface area (Å²) >= 11 is 5.94. The number of hydrogen-bond acceptors (Lipinski definition) is 4. The summed E-state index contributed by atoms with van der Waals surface area (Å²) in [5.41, 5.74) is 7.53. The smallest absolute Gasteiger partial charge is 0.184 e. The van der Waals surface area contributed by atoms with Crippen LogP contribution in [-0.2, 0) is 15.6 Å². The first-order chi connectivity index (χ1) is 8.88. The Balaban J connectivity index is 2.38. The Morgan fingerprint density at radius 3 is 2.63 bits per heavy atom. The summed E-state index contributed by atoms with van der Waals surface area (Å²) in [5.74, 6) is -0.134. The first-order valence-electron chi connectivity index (χ1n) is 5.57. The van der Waals surface area contributed by atoms with Crippen LogP contribution in [0, 0.1) is 6.92 Å². The molecule has 0 saturated carbocycles. The van der Waals surface area contributed by atoms with Crippen LogP contribution in [0.25, 0.3) is 0 Å². The lowest BCUT2D eigenvalue weighted by Crippen LogP contribution is -2.06. The third-order valence-electron chi connectivity index (χ3n) is 2.58. The molecule has 0 fully saturated rings. The Hall–Kier alpha value is -1.59. The van der Waals surface area contributed by atoms with Crippen molar-refractivity contribution in [3.05, 3.63) is 52.8 Å². The summed E-state index contributed by atoms with van der Waals surface area (Å²) in [6.45, 7) is 1.86. The molecular weight excluding hydrogens is 284 g/mol. The van der Waals surface area contributed by atoms with Crippen LogP contribution in [0.15, 0.2) is 41.6 Å². The maximum absolute atomic E-state index is 12.3. The predicted molar refractivity (Wildman–Crippen MR) is 75.7 cm³/mol. The second kappa shape index (κ2) is 5.19. The number of nitrogens with zero attached hydrogens (tertiary/aromatic N) is 1. The van der Waals surface area contributed by atoms with Gasteiger partial charge >= 0.3 is 0 Å². The molecule has 0 bridgehead atoms. The van der Waals surface area contributed by atoms with Crippen LogP contribution < -0.4 is 5.73 Å². The molecule has 0 aliphatic rings. The van der Waals surface area contributed by atoms with E-state index in [0.717, 1.165) is 5.56 Å². The molecule has 6 heteroatoms. The van der Waals surface area contributed by atoms with Crippen molar-refractivity contribution < 1.29 is 8.42 Å². The van der Waals surface area contributed by atoms with Crippen LogP contribution >= 0.6 is 11.6 Å². The van der Waals surface area contributed by atoms with Gasteiger partial charge in [-0.3, -0.25) is 4.98 Å². The number of nitrogen functional groups attached to an aromatic ring is 1. The monoisotopic (exact) mass is 296 g/mol. The second-order valence-electron chi connectivity index (χ2n) is 4.32. The number of hydrogen-bond donors (Lipinski definition) is 1. The first kappa shape index (κ1) is 13.8. The molecule has 0 amide bonds. The zero-order valence-corrected chi connectivity index (χ0v) is 11.9. The van der Waals surface area contributed by atoms with Gasteiger partial charge < -0.3 is 5.73 Å². The Labute approximate surface area is 117 Å². The van der Waals surface area contributed by atoms with Gasteiger partial charge in [0.2, 0.25) is 0 Å². The highest BCUT2D eigenvalue weighted by Gasteiger charge is 2.19. The van der Waals surface area contributed by atoms with Gasteiger partial charge in [-0.1, -0.05) is 17.7 Å². The van der Waals surface area contributed by atoms with Crippen molar-refractivity contribution in [1.82, 2.24) is 4.98 Å². The number of nitrogens with two attached hydrogens (primary N) is 1. The maximum atomic E-state index is 12.3. The molecule has 19 heavy (non-hydrogen) atoms.